The summed E-state index contributed by atoms with van der Waals surface area (Å²) < 4.78 is 11.2. The van der Waals surface area contributed by atoms with E-state index < -0.39 is 0 Å². The number of carbonyl (C=O) groups excluding carboxylic acids is 2. The first kappa shape index (κ1) is 23.1. The van der Waals surface area contributed by atoms with Crippen LogP contribution in [0.4, 0.5) is 0 Å². The fourth-order valence-corrected chi connectivity index (χ4v) is 8.20. The van der Waals surface area contributed by atoms with Gasteiger partial charge in [-0.1, -0.05) is 0 Å². The highest BCUT2D eigenvalue weighted by Gasteiger charge is 2.52. The highest BCUT2D eigenvalue weighted by Crippen LogP contribution is 2.62. The van der Waals surface area contributed by atoms with E-state index in [0.717, 1.165) is 34.0 Å². The number of thioether (sulfide) groups is 1. The molecule has 4 aliphatic carbocycles. The Balaban J connectivity index is 1.20. The number of morpholine rings is 1. The molecule has 0 N–H and O–H groups in total. The number of methoxy groups -OCH3 is 1. The van der Waals surface area contributed by atoms with Crippen molar-refractivity contribution in [3.8, 4) is 5.75 Å². The van der Waals surface area contributed by atoms with Gasteiger partial charge in [0.25, 0.3) is 5.91 Å². The predicted octanol–water partition coefficient (Wildman–Crippen LogP) is 5.57. The molecule has 2 aromatic rings. The van der Waals surface area contributed by atoms with Gasteiger partial charge in [0, 0.05) is 34.7 Å². The summed E-state index contributed by atoms with van der Waals surface area (Å²) in [6.07, 6.45) is 7.87. The SMILES string of the molecule is COc1ccc(C(=O)Sc2ccc(C(=O)N3CCOCC3)cc2)cc1C12CC3CC(CC(C3)C1)C2. The largest absolute Gasteiger partial charge is 0.496 e. The Morgan fingerprint density at radius 2 is 1.51 bits per heavy atom. The van der Waals surface area contributed by atoms with Crippen molar-refractivity contribution in [1.29, 1.82) is 0 Å². The summed E-state index contributed by atoms with van der Waals surface area (Å²) >= 11 is 1.23. The number of nitrogens with zero attached hydrogens (tertiary/aromatic N) is 1. The van der Waals surface area contributed by atoms with E-state index in [9.17, 15) is 9.59 Å². The third kappa shape index (κ3) is 4.40. The second-order valence-electron chi connectivity index (χ2n) is 10.9. The first-order valence-corrected chi connectivity index (χ1v) is 13.7. The first-order chi connectivity index (χ1) is 17.0. The third-order valence-corrected chi connectivity index (χ3v) is 9.58. The van der Waals surface area contributed by atoms with E-state index in [4.69, 9.17) is 9.47 Å². The van der Waals surface area contributed by atoms with Gasteiger partial charge < -0.3 is 14.4 Å². The van der Waals surface area contributed by atoms with Gasteiger partial charge in [-0.2, -0.15) is 0 Å². The Labute approximate surface area is 211 Å². The smallest absolute Gasteiger partial charge is 0.254 e. The molecule has 5 fully saturated rings. The molecule has 35 heavy (non-hydrogen) atoms. The zero-order valence-electron chi connectivity index (χ0n) is 20.3. The fraction of sp³-hybridized carbons (Fsp3) is 0.517. The zero-order valence-corrected chi connectivity index (χ0v) is 21.1. The van der Waals surface area contributed by atoms with Gasteiger partial charge in [0.15, 0.2) is 0 Å². The van der Waals surface area contributed by atoms with Crippen LogP contribution >= 0.6 is 11.8 Å². The topological polar surface area (TPSA) is 55.8 Å². The van der Waals surface area contributed by atoms with Crippen molar-refractivity contribution in [2.75, 3.05) is 33.4 Å². The number of amides is 1. The summed E-state index contributed by atoms with van der Waals surface area (Å²) in [5, 5.41) is 0.0332. The molecule has 6 heteroatoms. The van der Waals surface area contributed by atoms with E-state index in [2.05, 4.69) is 6.07 Å². The molecule has 4 saturated carbocycles. The van der Waals surface area contributed by atoms with Crippen molar-refractivity contribution >= 4 is 22.8 Å². The molecule has 0 radical (unpaired) electrons. The number of benzene rings is 2. The van der Waals surface area contributed by atoms with Crippen LogP contribution < -0.4 is 4.74 Å². The summed E-state index contributed by atoms with van der Waals surface area (Å²) in [7, 11) is 1.75. The molecule has 1 heterocycles. The predicted molar refractivity (Wildman–Crippen MR) is 136 cm³/mol. The van der Waals surface area contributed by atoms with E-state index >= 15 is 0 Å². The second kappa shape index (κ2) is 9.29. The lowest BCUT2D eigenvalue weighted by Crippen LogP contribution is -2.48. The van der Waals surface area contributed by atoms with Crippen LogP contribution in [0.15, 0.2) is 47.4 Å². The Morgan fingerprint density at radius 1 is 0.914 bits per heavy atom. The van der Waals surface area contributed by atoms with Crippen LogP contribution in [0.2, 0.25) is 0 Å². The minimum atomic E-state index is 0.0199. The van der Waals surface area contributed by atoms with Crippen LogP contribution in [0.3, 0.4) is 0 Å². The zero-order chi connectivity index (χ0) is 24.0. The van der Waals surface area contributed by atoms with Crippen molar-refractivity contribution in [2.24, 2.45) is 17.8 Å². The maximum Gasteiger partial charge on any atom is 0.254 e. The number of hydrogen-bond donors (Lipinski definition) is 0. The average Bonchev–Trinajstić information content (AvgIpc) is 2.88. The molecular formula is C29H33NO4S. The second-order valence-corrected chi connectivity index (χ2v) is 12.0. The molecule has 1 saturated heterocycles. The van der Waals surface area contributed by atoms with Gasteiger partial charge in [0.1, 0.15) is 5.75 Å². The molecule has 0 aromatic heterocycles. The molecular weight excluding hydrogens is 458 g/mol. The van der Waals surface area contributed by atoms with Gasteiger partial charge in [-0.15, -0.1) is 0 Å². The van der Waals surface area contributed by atoms with Gasteiger partial charge in [-0.3, -0.25) is 9.59 Å². The van der Waals surface area contributed by atoms with Crippen LogP contribution in [0.5, 0.6) is 5.75 Å². The van der Waals surface area contributed by atoms with Crippen LogP contribution in [-0.2, 0) is 10.2 Å². The molecule has 0 unspecified atom stereocenters. The van der Waals surface area contributed by atoms with Crippen molar-refractivity contribution in [3.63, 3.8) is 0 Å². The van der Waals surface area contributed by atoms with Gasteiger partial charge >= 0.3 is 0 Å². The minimum Gasteiger partial charge on any atom is -0.496 e. The van der Waals surface area contributed by atoms with E-state index in [1.165, 1.54) is 55.9 Å². The van der Waals surface area contributed by atoms with Crippen LogP contribution in [-0.4, -0.2) is 49.3 Å². The van der Waals surface area contributed by atoms with Crippen LogP contribution in [0, 0.1) is 17.8 Å². The summed E-state index contributed by atoms with van der Waals surface area (Å²) in [6.45, 7) is 2.41. The summed E-state index contributed by atoms with van der Waals surface area (Å²) in [5.41, 5.74) is 2.80. The Kier molecular flexibility index (Phi) is 6.13. The van der Waals surface area contributed by atoms with E-state index in [-0.39, 0.29) is 16.4 Å². The number of ether oxygens (including phenoxy) is 2. The van der Waals surface area contributed by atoms with Crippen LogP contribution in [0.25, 0.3) is 0 Å². The normalized spacial score (nSPS) is 29.3. The Morgan fingerprint density at radius 3 is 2.11 bits per heavy atom. The van der Waals surface area contributed by atoms with Gasteiger partial charge in [-0.05, 0) is 116 Å². The van der Waals surface area contributed by atoms with E-state index in [1.54, 1.807) is 7.11 Å². The van der Waals surface area contributed by atoms with Gasteiger partial charge in [0.2, 0.25) is 5.12 Å². The van der Waals surface area contributed by atoms with Crippen LogP contribution in [0.1, 0.15) is 64.8 Å². The van der Waals surface area contributed by atoms with Crippen molar-refractivity contribution < 1.29 is 19.1 Å². The molecule has 2 aromatic carbocycles. The van der Waals surface area contributed by atoms with E-state index in [0.29, 0.717) is 31.9 Å². The number of rotatable bonds is 5. The standard InChI is InChI=1S/C29H33NO4S/c1-33-26-7-4-23(15-25(26)29-16-19-12-20(17-29)14-21(13-19)18-29)28(32)35-24-5-2-22(3-6-24)27(31)30-8-10-34-11-9-30/h2-7,15,19-21H,8-14,16-18H2,1H3. The number of carbonyl (C=O) groups is 2. The summed E-state index contributed by atoms with van der Waals surface area (Å²) in [5.74, 6) is 3.45. The van der Waals surface area contributed by atoms with Gasteiger partial charge in [-0.25, -0.2) is 0 Å². The summed E-state index contributed by atoms with van der Waals surface area (Å²) in [6, 6.07) is 13.4. The van der Waals surface area contributed by atoms with Crippen molar-refractivity contribution in [3.05, 3.63) is 59.2 Å². The fourth-order valence-electron chi connectivity index (χ4n) is 7.47. The average molecular weight is 492 g/mol. The first-order valence-electron chi connectivity index (χ1n) is 12.9. The molecule has 5 nitrogen and oxygen atoms in total. The van der Waals surface area contributed by atoms with Crippen molar-refractivity contribution in [2.45, 2.75) is 48.8 Å². The Bertz CT molecular complexity index is 1090. The molecule has 0 atom stereocenters. The van der Waals surface area contributed by atoms with Crippen molar-refractivity contribution in [1.82, 2.24) is 4.90 Å². The highest BCUT2D eigenvalue weighted by atomic mass is 32.2. The quantitative estimate of drug-likeness (QED) is 0.512. The Hall–Kier alpha value is -2.31. The highest BCUT2D eigenvalue weighted by molar-refractivity contribution is 8.14. The number of hydrogen-bond acceptors (Lipinski definition) is 5. The lowest BCUT2D eigenvalue weighted by atomic mass is 9.48. The molecule has 7 rings (SSSR count). The lowest BCUT2D eigenvalue weighted by molar-refractivity contribution is -0.00617. The summed E-state index contributed by atoms with van der Waals surface area (Å²) in [4.78, 5) is 28.7. The molecule has 1 aliphatic heterocycles. The maximum absolute atomic E-state index is 13.3. The van der Waals surface area contributed by atoms with Gasteiger partial charge in [0.05, 0.1) is 20.3 Å². The lowest BCUT2D eigenvalue weighted by Gasteiger charge is -2.57. The minimum absolute atomic E-state index is 0.0199. The molecule has 184 valence electrons. The third-order valence-electron chi connectivity index (χ3n) is 8.65. The molecule has 4 bridgehead atoms. The van der Waals surface area contributed by atoms with E-state index in [1.807, 2.05) is 41.3 Å². The molecule has 5 aliphatic rings. The molecule has 0 spiro atoms. The molecule has 1 amide bonds. The maximum atomic E-state index is 13.3. The monoisotopic (exact) mass is 491 g/mol.